The highest BCUT2D eigenvalue weighted by molar-refractivity contribution is 5.85. The summed E-state index contributed by atoms with van der Waals surface area (Å²) in [6, 6.07) is 1.05. The molecule has 0 spiro atoms. The molecule has 0 saturated carbocycles. The van der Waals surface area contributed by atoms with E-state index in [1.807, 2.05) is 0 Å². The number of carbonyl (C=O) groups excluding carboxylic acids is 1. The Bertz CT molecular complexity index is 262. The lowest BCUT2D eigenvalue weighted by Crippen LogP contribution is -2.23. The summed E-state index contributed by atoms with van der Waals surface area (Å²) in [4.78, 5) is 13.4. The Morgan fingerprint density at radius 1 is 1.70 bits per heavy atom. The maximum atomic E-state index is 12.4. The molecule has 52 valence electrons. The molecule has 1 rings (SSSR count). The van der Waals surface area contributed by atoms with Gasteiger partial charge in [-0.3, -0.25) is 4.98 Å². The van der Waals surface area contributed by atoms with Gasteiger partial charge in [-0.1, -0.05) is 0 Å². The van der Waals surface area contributed by atoms with E-state index < -0.39 is 17.3 Å². The van der Waals surface area contributed by atoms with Crippen molar-refractivity contribution in [2.75, 3.05) is 0 Å². The Morgan fingerprint density at radius 2 is 2.40 bits per heavy atom. The van der Waals surface area contributed by atoms with Crippen molar-refractivity contribution in [3.8, 4) is 0 Å². The maximum absolute atomic E-state index is 12.4. The topological polar surface area (TPSA) is 53.0 Å². The Labute approximate surface area is 56.1 Å². The molecule has 10 heavy (non-hydrogen) atoms. The van der Waals surface area contributed by atoms with E-state index in [0.29, 0.717) is 0 Å². The predicted molar refractivity (Wildman–Crippen MR) is 28.5 cm³/mol. The number of halogens is 1. The molecule has 1 heterocycles. The van der Waals surface area contributed by atoms with Gasteiger partial charge in [0.2, 0.25) is 0 Å². The van der Waals surface area contributed by atoms with Gasteiger partial charge in [0.15, 0.2) is 5.82 Å². The number of nitrogens with zero attached hydrogens (tertiary/aromatic N) is 1. The zero-order valence-corrected chi connectivity index (χ0v) is 4.87. The molecule has 0 aliphatic carbocycles. The molecular weight excluding hydrogens is 137 g/mol. The number of pyridine rings is 1. The number of hydrogen-bond donors (Lipinski definition) is 0. The summed E-state index contributed by atoms with van der Waals surface area (Å²) in [5.74, 6) is -2.40. The molecule has 0 saturated heterocycles. The Balaban J connectivity index is 3.15. The fourth-order valence-electron chi connectivity index (χ4n) is 0.541. The van der Waals surface area contributed by atoms with Crippen LogP contribution in [0, 0.1) is 5.82 Å². The van der Waals surface area contributed by atoms with Crippen molar-refractivity contribution < 1.29 is 14.3 Å². The fraction of sp³-hybridized carbons (Fsp3) is 0. The number of aromatic nitrogens is 1. The average molecular weight is 140 g/mol. The molecule has 0 unspecified atom stereocenters. The first kappa shape index (κ1) is 6.67. The van der Waals surface area contributed by atoms with Gasteiger partial charge in [-0.2, -0.15) is 0 Å². The second-order valence-electron chi connectivity index (χ2n) is 1.64. The van der Waals surface area contributed by atoms with Crippen molar-refractivity contribution in [3.05, 3.63) is 29.8 Å². The van der Waals surface area contributed by atoms with E-state index in [9.17, 15) is 14.3 Å². The number of carbonyl (C=O) groups is 1. The summed E-state index contributed by atoms with van der Waals surface area (Å²) in [7, 11) is 0. The van der Waals surface area contributed by atoms with Crippen molar-refractivity contribution in [1.29, 1.82) is 0 Å². The maximum Gasteiger partial charge on any atom is 0.150 e. The lowest BCUT2D eigenvalue weighted by atomic mass is 10.3. The van der Waals surface area contributed by atoms with Crippen LogP contribution in [0.25, 0.3) is 0 Å². The van der Waals surface area contributed by atoms with Gasteiger partial charge in [0.25, 0.3) is 0 Å². The fourth-order valence-corrected chi connectivity index (χ4v) is 0.541. The average Bonchev–Trinajstić information content (AvgIpc) is 1.88. The van der Waals surface area contributed by atoms with Crippen LogP contribution in [0.1, 0.15) is 10.4 Å². The van der Waals surface area contributed by atoms with Gasteiger partial charge >= 0.3 is 0 Å². The molecule has 4 heteroatoms. The largest absolute Gasteiger partial charge is 0.545 e. The SMILES string of the molecule is O=C([O-])c1ccncc1F. The summed E-state index contributed by atoms with van der Waals surface area (Å²) in [5, 5.41) is 10.0. The molecule has 0 aliphatic heterocycles. The molecule has 0 bridgehead atoms. The van der Waals surface area contributed by atoms with E-state index in [0.717, 1.165) is 12.3 Å². The van der Waals surface area contributed by atoms with Gasteiger partial charge < -0.3 is 9.90 Å². The van der Waals surface area contributed by atoms with E-state index in [2.05, 4.69) is 4.98 Å². The van der Waals surface area contributed by atoms with E-state index in [-0.39, 0.29) is 0 Å². The third-order valence-electron chi connectivity index (χ3n) is 0.992. The van der Waals surface area contributed by atoms with Gasteiger partial charge in [-0.15, -0.1) is 0 Å². The number of rotatable bonds is 1. The second kappa shape index (κ2) is 2.43. The highest BCUT2D eigenvalue weighted by Gasteiger charge is 1.99. The third-order valence-corrected chi connectivity index (χ3v) is 0.992. The van der Waals surface area contributed by atoms with Crippen LogP contribution in [-0.4, -0.2) is 11.0 Å². The van der Waals surface area contributed by atoms with Crippen LogP contribution in [0.4, 0.5) is 4.39 Å². The standard InChI is InChI=1S/C6H4FNO2/c7-5-3-8-2-1-4(5)6(9)10/h1-3H,(H,9,10)/p-1. The summed E-state index contributed by atoms with van der Waals surface area (Å²) in [6.45, 7) is 0. The molecule has 0 radical (unpaired) electrons. The second-order valence-corrected chi connectivity index (χ2v) is 1.64. The normalized spacial score (nSPS) is 9.30. The van der Waals surface area contributed by atoms with Gasteiger partial charge in [0.05, 0.1) is 12.2 Å². The summed E-state index contributed by atoms with van der Waals surface area (Å²) < 4.78 is 12.4. The van der Waals surface area contributed by atoms with E-state index in [4.69, 9.17) is 0 Å². The predicted octanol–water partition coefficient (Wildman–Crippen LogP) is -0.416. The number of aromatic carboxylic acids is 1. The van der Waals surface area contributed by atoms with Crippen molar-refractivity contribution in [2.45, 2.75) is 0 Å². The minimum absolute atomic E-state index is 0.463. The first-order valence-corrected chi connectivity index (χ1v) is 2.52. The highest BCUT2D eigenvalue weighted by atomic mass is 19.1. The van der Waals surface area contributed by atoms with Crippen LogP contribution < -0.4 is 5.11 Å². The molecule has 3 nitrogen and oxygen atoms in total. The van der Waals surface area contributed by atoms with Crippen LogP contribution in [0.2, 0.25) is 0 Å². The van der Waals surface area contributed by atoms with Crippen LogP contribution in [0.3, 0.4) is 0 Å². The van der Waals surface area contributed by atoms with Gasteiger partial charge in [0.1, 0.15) is 0 Å². The highest BCUT2D eigenvalue weighted by Crippen LogP contribution is 2.01. The Kier molecular flexibility index (Phi) is 1.62. The zero-order chi connectivity index (χ0) is 7.56. The summed E-state index contributed by atoms with van der Waals surface area (Å²) >= 11 is 0. The van der Waals surface area contributed by atoms with E-state index >= 15 is 0 Å². The first-order valence-electron chi connectivity index (χ1n) is 2.52. The monoisotopic (exact) mass is 140 g/mol. The van der Waals surface area contributed by atoms with Crippen LogP contribution in [-0.2, 0) is 0 Å². The number of carboxylic acids is 1. The van der Waals surface area contributed by atoms with Crippen LogP contribution in [0.5, 0.6) is 0 Å². The van der Waals surface area contributed by atoms with Gasteiger partial charge in [0, 0.05) is 11.8 Å². The summed E-state index contributed by atoms with van der Waals surface area (Å²) in [6.07, 6.45) is 2.01. The molecule has 0 fully saturated rings. The molecular formula is C6H3FNO2-. The van der Waals surface area contributed by atoms with Gasteiger partial charge in [-0.05, 0) is 6.07 Å². The van der Waals surface area contributed by atoms with Crippen molar-refractivity contribution in [3.63, 3.8) is 0 Å². The van der Waals surface area contributed by atoms with Crippen molar-refractivity contribution >= 4 is 5.97 Å². The lowest BCUT2D eigenvalue weighted by molar-refractivity contribution is -0.255. The molecule has 0 aliphatic rings. The Hall–Kier alpha value is -1.45. The van der Waals surface area contributed by atoms with Crippen LogP contribution >= 0.6 is 0 Å². The molecule has 1 aromatic heterocycles. The molecule has 0 N–H and O–H groups in total. The zero-order valence-electron chi connectivity index (χ0n) is 4.87. The first-order chi connectivity index (χ1) is 4.72. The van der Waals surface area contributed by atoms with E-state index in [1.54, 1.807) is 0 Å². The molecule has 0 aromatic carbocycles. The smallest absolute Gasteiger partial charge is 0.150 e. The quantitative estimate of drug-likeness (QED) is 0.532. The van der Waals surface area contributed by atoms with Crippen molar-refractivity contribution in [2.24, 2.45) is 0 Å². The minimum Gasteiger partial charge on any atom is -0.545 e. The third kappa shape index (κ3) is 1.10. The molecule has 0 amide bonds. The lowest BCUT2D eigenvalue weighted by Gasteiger charge is -2.00. The number of carboxylic acid groups (broad SMARTS) is 1. The Morgan fingerprint density at radius 3 is 2.80 bits per heavy atom. The number of hydrogen-bond acceptors (Lipinski definition) is 3. The van der Waals surface area contributed by atoms with E-state index in [1.165, 1.54) is 6.20 Å². The van der Waals surface area contributed by atoms with Gasteiger partial charge in [-0.25, -0.2) is 4.39 Å². The molecule has 0 atom stereocenters. The van der Waals surface area contributed by atoms with Crippen molar-refractivity contribution in [1.82, 2.24) is 4.98 Å². The van der Waals surface area contributed by atoms with Crippen LogP contribution in [0.15, 0.2) is 18.5 Å². The molecule has 1 aromatic rings. The summed E-state index contributed by atoms with van der Waals surface area (Å²) in [5.41, 5.74) is -0.463. The minimum atomic E-state index is -1.53.